The van der Waals surface area contributed by atoms with Gasteiger partial charge in [-0.25, -0.2) is 0 Å². The van der Waals surface area contributed by atoms with Gasteiger partial charge in [-0.3, -0.25) is 4.79 Å². The Kier molecular flexibility index (Phi) is 6.12. The van der Waals surface area contributed by atoms with E-state index in [1.54, 1.807) is 24.3 Å². The van der Waals surface area contributed by atoms with E-state index >= 15 is 0 Å². The van der Waals surface area contributed by atoms with E-state index in [2.05, 4.69) is 0 Å². The Balaban J connectivity index is 2.48. The smallest absolute Gasteiger partial charge is 0.416 e. The molecule has 0 aliphatic rings. The van der Waals surface area contributed by atoms with Crippen molar-refractivity contribution in [2.24, 2.45) is 5.73 Å². The zero-order valence-corrected chi connectivity index (χ0v) is 14.5. The average molecular weight is 383 g/mol. The molecule has 8 heteroatoms. The summed E-state index contributed by atoms with van der Waals surface area (Å²) in [6.45, 7) is -0.877. The molecule has 4 N–H and O–H groups in total. The van der Waals surface area contributed by atoms with Crippen molar-refractivity contribution in [1.29, 1.82) is 0 Å². The molecule has 0 spiro atoms. The summed E-state index contributed by atoms with van der Waals surface area (Å²) in [5, 5.41) is 19.2. The predicted octanol–water partition coefficient (Wildman–Crippen LogP) is 2.81. The van der Waals surface area contributed by atoms with Gasteiger partial charge in [-0.1, -0.05) is 30.3 Å². The second-order valence-corrected chi connectivity index (χ2v) is 6.23. The summed E-state index contributed by atoms with van der Waals surface area (Å²) >= 11 is 0. The predicted molar refractivity (Wildman–Crippen MR) is 92.5 cm³/mol. The number of halogens is 3. The number of alkyl halides is 3. The number of nitrogens with two attached hydrogens (primary N) is 1. The number of rotatable bonds is 7. The Bertz CT molecular complexity index is 792. The van der Waals surface area contributed by atoms with Crippen LogP contribution >= 0.6 is 0 Å². The lowest BCUT2D eigenvalue weighted by Crippen LogP contribution is -2.56. The molecule has 5 nitrogen and oxygen atoms in total. The molecule has 2 unspecified atom stereocenters. The normalized spacial score (nSPS) is 15.0. The first kappa shape index (κ1) is 20.7. The molecule has 0 amide bonds. The van der Waals surface area contributed by atoms with Crippen molar-refractivity contribution >= 4 is 5.97 Å². The maximum Gasteiger partial charge on any atom is 0.416 e. The standard InChI is InChI=1S/C19H20F3NO4/c1-27-15-7-5-13(6-8-15)16(18(23,11-24)17(25)26)10-12-3-2-4-14(9-12)19(20,21)22/h2-9,16,24H,10-11,23H2,1H3,(H,25,26). The van der Waals surface area contributed by atoms with Crippen LogP contribution in [0.2, 0.25) is 0 Å². The molecule has 0 aromatic heterocycles. The van der Waals surface area contributed by atoms with Gasteiger partial charge in [0.25, 0.3) is 0 Å². The molecule has 2 aromatic rings. The first-order valence-electron chi connectivity index (χ1n) is 8.05. The molecular weight excluding hydrogens is 363 g/mol. The molecular formula is C19H20F3NO4. The van der Waals surface area contributed by atoms with Crippen molar-refractivity contribution in [3.63, 3.8) is 0 Å². The lowest BCUT2D eigenvalue weighted by Gasteiger charge is -2.33. The van der Waals surface area contributed by atoms with Gasteiger partial charge >= 0.3 is 12.1 Å². The van der Waals surface area contributed by atoms with Crippen LogP contribution in [0.25, 0.3) is 0 Å². The minimum atomic E-state index is -4.52. The molecule has 146 valence electrons. The van der Waals surface area contributed by atoms with Gasteiger partial charge in [0.15, 0.2) is 0 Å². The lowest BCUT2D eigenvalue weighted by atomic mass is 9.76. The number of aliphatic carboxylic acids is 1. The van der Waals surface area contributed by atoms with E-state index < -0.39 is 35.8 Å². The first-order valence-corrected chi connectivity index (χ1v) is 8.05. The Morgan fingerprint density at radius 1 is 1.19 bits per heavy atom. The Morgan fingerprint density at radius 3 is 2.30 bits per heavy atom. The SMILES string of the molecule is COc1ccc(C(Cc2cccc(C(F)(F)F)c2)C(N)(CO)C(=O)O)cc1. The van der Waals surface area contributed by atoms with E-state index in [-0.39, 0.29) is 12.0 Å². The van der Waals surface area contributed by atoms with Gasteiger partial charge in [-0.05, 0) is 35.7 Å². The molecule has 27 heavy (non-hydrogen) atoms. The number of methoxy groups -OCH3 is 1. The maximum atomic E-state index is 13.0. The van der Waals surface area contributed by atoms with Crippen LogP contribution in [0, 0.1) is 0 Å². The molecule has 2 aromatic carbocycles. The number of carboxylic acids is 1. The van der Waals surface area contributed by atoms with Crippen molar-refractivity contribution in [3.05, 3.63) is 65.2 Å². The van der Waals surface area contributed by atoms with Crippen LogP contribution in [0.5, 0.6) is 5.75 Å². The van der Waals surface area contributed by atoms with Gasteiger partial charge in [0, 0.05) is 5.92 Å². The van der Waals surface area contributed by atoms with Gasteiger partial charge in [0.05, 0.1) is 19.3 Å². The molecule has 0 aliphatic heterocycles. The van der Waals surface area contributed by atoms with Crippen molar-refractivity contribution in [1.82, 2.24) is 0 Å². The third-order valence-electron chi connectivity index (χ3n) is 4.49. The zero-order chi connectivity index (χ0) is 20.2. The monoisotopic (exact) mass is 383 g/mol. The van der Waals surface area contributed by atoms with Gasteiger partial charge < -0.3 is 20.7 Å². The number of benzene rings is 2. The van der Waals surface area contributed by atoms with Crippen LogP contribution in [-0.4, -0.2) is 35.4 Å². The van der Waals surface area contributed by atoms with Crippen molar-refractivity contribution < 1.29 is 32.9 Å². The summed E-state index contributed by atoms with van der Waals surface area (Å²) in [6.07, 6.45) is -4.62. The van der Waals surface area contributed by atoms with Gasteiger partial charge in [0.2, 0.25) is 0 Å². The highest BCUT2D eigenvalue weighted by Crippen LogP contribution is 2.34. The van der Waals surface area contributed by atoms with Crippen LogP contribution in [0.4, 0.5) is 13.2 Å². The Hall–Kier alpha value is -2.58. The third-order valence-corrected chi connectivity index (χ3v) is 4.49. The number of hydrogen-bond donors (Lipinski definition) is 3. The van der Waals surface area contributed by atoms with E-state index in [4.69, 9.17) is 10.5 Å². The second-order valence-electron chi connectivity index (χ2n) is 6.23. The quantitative estimate of drug-likeness (QED) is 0.684. The minimum Gasteiger partial charge on any atom is -0.497 e. The third kappa shape index (κ3) is 4.58. The number of carbonyl (C=O) groups is 1. The van der Waals surface area contributed by atoms with Crippen molar-refractivity contribution in [2.45, 2.75) is 24.1 Å². The summed E-state index contributed by atoms with van der Waals surface area (Å²) in [5.41, 5.74) is 3.78. The van der Waals surface area contributed by atoms with E-state index in [9.17, 15) is 28.2 Å². The fourth-order valence-corrected chi connectivity index (χ4v) is 2.87. The van der Waals surface area contributed by atoms with Crippen LogP contribution in [0.1, 0.15) is 22.6 Å². The molecule has 0 aliphatic carbocycles. The first-order chi connectivity index (χ1) is 12.6. The van der Waals surface area contributed by atoms with E-state index in [1.165, 1.54) is 19.2 Å². The molecule has 0 heterocycles. The molecule has 2 atom stereocenters. The Labute approximate surface area is 154 Å². The summed E-state index contributed by atoms with van der Waals surface area (Å²) in [6, 6.07) is 10.9. The number of carboxylic acid groups (broad SMARTS) is 1. The number of aliphatic hydroxyl groups is 1. The minimum absolute atomic E-state index is 0.0976. The molecule has 0 fully saturated rings. The maximum absolute atomic E-state index is 13.0. The highest BCUT2D eigenvalue weighted by atomic mass is 19.4. The molecule has 0 saturated carbocycles. The lowest BCUT2D eigenvalue weighted by molar-refractivity contribution is -0.146. The summed E-state index contributed by atoms with van der Waals surface area (Å²) in [4.78, 5) is 11.7. The van der Waals surface area contributed by atoms with Crippen LogP contribution in [-0.2, 0) is 17.4 Å². The molecule has 0 bridgehead atoms. The summed E-state index contributed by atoms with van der Waals surface area (Å²) in [7, 11) is 1.47. The number of aliphatic hydroxyl groups excluding tert-OH is 1. The van der Waals surface area contributed by atoms with Gasteiger partial charge in [-0.2, -0.15) is 13.2 Å². The average Bonchev–Trinajstić information content (AvgIpc) is 2.65. The molecule has 0 saturated heterocycles. The van der Waals surface area contributed by atoms with Crippen molar-refractivity contribution in [3.8, 4) is 5.75 Å². The summed E-state index contributed by atoms with van der Waals surface area (Å²) in [5.74, 6) is -1.88. The number of hydrogen-bond acceptors (Lipinski definition) is 4. The Morgan fingerprint density at radius 2 is 1.81 bits per heavy atom. The van der Waals surface area contributed by atoms with E-state index in [0.717, 1.165) is 12.1 Å². The van der Waals surface area contributed by atoms with Crippen molar-refractivity contribution in [2.75, 3.05) is 13.7 Å². The van der Waals surface area contributed by atoms with Gasteiger partial charge in [0.1, 0.15) is 11.3 Å². The highest BCUT2D eigenvalue weighted by molar-refractivity contribution is 5.80. The number of ether oxygens (including phenoxy) is 1. The van der Waals surface area contributed by atoms with E-state index in [1.807, 2.05) is 0 Å². The van der Waals surface area contributed by atoms with Crippen LogP contribution in [0.3, 0.4) is 0 Å². The summed E-state index contributed by atoms with van der Waals surface area (Å²) < 4.78 is 44.0. The van der Waals surface area contributed by atoms with E-state index in [0.29, 0.717) is 11.3 Å². The largest absolute Gasteiger partial charge is 0.497 e. The fraction of sp³-hybridized carbons (Fsp3) is 0.316. The van der Waals surface area contributed by atoms with Crippen LogP contribution < -0.4 is 10.5 Å². The van der Waals surface area contributed by atoms with Crippen LogP contribution in [0.15, 0.2) is 48.5 Å². The fourth-order valence-electron chi connectivity index (χ4n) is 2.87. The molecule has 2 rings (SSSR count). The van der Waals surface area contributed by atoms with Gasteiger partial charge in [-0.15, -0.1) is 0 Å². The molecule has 0 radical (unpaired) electrons. The highest BCUT2D eigenvalue weighted by Gasteiger charge is 2.43. The topological polar surface area (TPSA) is 92.8 Å². The second kappa shape index (κ2) is 7.98. The zero-order valence-electron chi connectivity index (χ0n) is 14.5.